The molecule has 0 unspecified atom stereocenters. The van der Waals surface area contributed by atoms with Crippen LogP contribution >= 0.6 is 0 Å². The van der Waals surface area contributed by atoms with E-state index in [2.05, 4.69) is 4.74 Å². The van der Waals surface area contributed by atoms with E-state index in [4.69, 9.17) is 0 Å². The molecule has 0 saturated heterocycles. The van der Waals surface area contributed by atoms with Crippen LogP contribution in [0.25, 0.3) is 0 Å². The minimum absolute atomic E-state index is 0.379. The minimum atomic E-state index is -0.514. The molecule has 0 radical (unpaired) electrons. The van der Waals surface area contributed by atoms with Gasteiger partial charge in [0.2, 0.25) is 0 Å². The Morgan fingerprint density at radius 2 is 2.29 bits per heavy atom. The molecule has 1 aromatic rings. The predicted octanol–water partition coefficient (Wildman–Crippen LogP) is 1.92. The van der Waals surface area contributed by atoms with Crippen LogP contribution in [-0.4, -0.2) is 18.2 Å². The molecule has 0 spiro atoms. The first-order chi connectivity index (χ1) is 6.69. The number of rotatable bonds is 3. The van der Waals surface area contributed by atoms with Crippen molar-refractivity contribution in [3.8, 4) is 0 Å². The second-order valence-corrected chi connectivity index (χ2v) is 3.04. The number of carbonyl (C=O) groups excluding carboxylic acids is 1. The van der Waals surface area contributed by atoms with Crippen molar-refractivity contribution in [1.29, 1.82) is 0 Å². The molecule has 0 bridgehead atoms. The van der Waals surface area contributed by atoms with Crippen molar-refractivity contribution in [1.82, 2.24) is 0 Å². The fraction of sp³-hybridized carbons (Fsp3) is 0.364. The normalized spacial score (nSPS) is 12.2. The molecule has 3 nitrogen and oxygen atoms in total. The molecule has 0 amide bonds. The van der Waals surface area contributed by atoms with Crippen molar-refractivity contribution in [2.24, 2.45) is 0 Å². The second-order valence-electron chi connectivity index (χ2n) is 3.04. The van der Waals surface area contributed by atoms with E-state index >= 15 is 0 Å². The van der Waals surface area contributed by atoms with Gasteiger partial charge in [0.25, 0.3) is 0 Å². The van der Waals surface area contributed by atoms with E-state index in [1.54, 1.807) is 24.3 Å². The summed E-state index contributed by atoms with van der Waals surface area (Å²) < 4.78 is 4.58. The molecule has 0 aliphatic heterocycles. The smallest absolute Gasteiger partial charge is 0.337 e. The Labute approximate surface area is 83.3 Å². The Balaban J connectivity index is 2.95. The number of hydrogen-bond donors (Lipinski definition) is 1. The van der Waals surface area contributed by atoms with Gasteiger partial charge in [-0.25, -0.2) is 4.79 Å². The molecular weight excluding hydrogens is 180 g/mol. The van der Waals surface area contributed by atoms with Crippen LogP contribution in [0.15, 0.2) is 24.3 Å². The maximum Gasteiger partial charge on any atom is 0.337 e. The molecule has 1 rings (SSSR count). The first-order valence-corrected chi connectivity index (χ1v) is 4.55. The van der Waals surface area contributed by atoms with Crippen molar-refractivity contribution in [3.05, 3.63) is 35.4 Å². The van der Waals surface area contributed by atoms with Crippen molar-refractivity contribution in [2.75, 3.05) is 7.11 Å². The summed E-state index contributed by atoms with van der Waals surface area (Å²) in [6, 6.07) is 6.85. The van der Waals surface area contributed by atoms with Crippen molar-refractivity contribution in [3.63, 3.8) is 0 Å². The molecular formula is C11H14O3. The van der Waals surface area contributed by atoms with Crippen LogP contribution in [0.2, 0.25) is 0 Å². The van der Waals surface area contributed by atoms with Crippen molar-refractivity contribution in [2.45, 2.75) is 19.4 Å². The summed E-state index contributed by atoms with van der Waals surface area (Å²) in [4.78, 5) is 11.2. The van der Waals surface area contributed by atoms with E-state index in [0.717, 1.165) is 5.56 Å². The van der Waals surface area contributed by atoms with Gasteiger partial charge in [-0.2, -0.15) is 0 Å². The molecule has 0 aliphatic carbocycles. The van der Waals surface area contributed by atoms with Gasteiger partial charge in [-0.3, -0.25) is 0 Å². The topological polar surface area (TPSA) is 46.5 Å². The summed E-state index contributed by atoms with van der Waals surface area (Å²) in [7, 11) is 1.34. The number of benzene rings is 1. The van der Waals surface area contributed by atoms with Crippen LogP contribution < -0.4 is 0 Å². The third-order valence-electron chi connectivity index (χ3n) is 2.08. The number of hydrogen-bond acceptors (Lipinski definition) is 3. The standard InChI is InChI=1S/C11H14O3/c1-3-10(12)8-5-4-6-9(7-8)11(13)14-2/h4-7,10,12H,3H2,1-2H3/t10-/m0/s1. The Hall–Kier alpha value is -1.35. The summed E-state index contributed by atoms with van der Waals surface area (Å²) in [5, 5.41) is 9.56. The van der Waals surface area contributed by atoms with Crippen LogP contribution in [-0.2, 0) is 4.74 Å². The highest BCUT2D eigenvalue weighted by Crippen LogP contribution is 2.17. The van der Waals surface area contributed by atoms with E-state index in [0.29, 0.717) is 12.0 Å². The van der Waals surface area contributed by atoms with Gasteiger partial charge in [-0.15, -0.1) is 0 Å². The molecule has 0 heterocycles. The second kappa shape index (κ2) is 4.77. The molecule has 0 aromatic heterocycles. The van der Waals surface area contributed by atoms with E-state index in [-0.39, 0.29) is 5.97 Å². The van der Waals surface area contributed by atoms with E-state index < -0.39 is 6.10 Å². The zero-order valence-electron chi connectivity index (χ0n) is 8.36. The quantitative estimate of drug-likeness (QED) is 0.748. The van der Waals surface area contributed by atoms with Crippen molar-refractivity contribution >= 4 is 5.97 Å². The first kappa shape index (κ1) is 10.7. The van der Waals surface area contributed by atoms with Gasteiger partial charge in [-0.05, 0) is 24.1 Å². The zero-order valence-corrected chi connectivity index (χ0v) is 8.36. The van der Waals surface area contributed by atoms with Crippen LogP contribution in [0.5, 0.6) is 0 Å². The maximum absolute atomic E-state index is 11.2. The highest BCUT2D eigenvalue weighted by molar-refractivity contribution is 5.89. The van der Waals surface area contributed by atoms with Gasteiger partial charge >= 0.3 is 5.97 Å². The Morgan fingerprint density at radius 1 is 1.57 bits per heavy atom. The van der Waals surface area contributed by atoms with Gasteiger partial charge in [0.15, 0.2) is 0 Å². The summed E-state index contributed by atoms with van der Waals surface area (Å²) in [5.41, 5.74) is 1.22. The lowest BCUT2D eigenvalue weighted by Gasteiger charge is -2.08. The highest BCUT2D eigenvalue weighted by Gasteiger charge is 2.09. The average molecular weight is 194 g/mol. The predicted molar refractivity (Wildman–Crippen MR) is 53.0 cm³/mol. The number of esters is 1. The molecule has 1 N–H and O–H groups in total. The van der Waals surface area contributed by atoms with Crippen molar-refractivity contribution < 1.29 is 14.6 Å². The summed E-state index contributed by atoms with van der Waals surface area (Å²) >= 11 is 0. The lowest BCUT2D eigenvalue weighted by molar-refractivity contribution is 0.0600. The molecule has 1 aromatic carbocycles. The average Bonchev–Trinajstić information content (AvgIpc) is 2.27. The molecule has 1 atom stereocenters. The summed E-state index contributed by atoms with van der Waals surface area (Å²) in [6.45, 7) is 1.88. The number of carbonyl (C=O) groups is 1. The van der Waals surface area contributed by atoms with Gasteiger partial charge in [-0.1, -0.05) is 19.1 Å². The van der Waals surface area contributed by atoms with Gasteiger partial charge in [0.1, 0.15) is 0 Å². The summed E-state index contributed by atoms with van der Waals surface area (Å²) in [6.07, 6.45) is 0.115. The molecule has 14 heavy (non-hydrogen) atoms. The third-order valence-corrected chi connectivity index (χ3v) is 2.08. The molecule has 0 fully saturated rings. The molecule has 0 saturated carbocycles. The minimum Gasteiger partial charge on any atom is -0.465 e. The molecule has 3 heteroatoms. The number of ether oxygens (including phenoxy) is 1. The van der Waals surface area contributed by atoms with Gasteiger partial charge in [0.05, 0.1) is 18.8 Å². The monoisotopic (exact) mass is 194 g/mol. The first-order valence-electron chi connectivity index (χ1n) is 4.55. The van der Waals surface area contributed by atoms with Gasteiger partial charge in [0, 0.05) is 0 Å². The Bertz CT molecular complexity index is 320. The van der Waals surface area contributed by atoms with Gasteiger partial charge < -0.3 is 9.84 Å². The third kappa shape index (κ3) is 2.33. The lowest BCUT2D eigenvalue weighted by atomic mass is 10.0. The Morgan fingerprint density at radius 3 is 2.86 bits per heavy atom. The number of methoxy groups -OCH3 is 1. The van der Waals surface area contributed by atoms with Crippen LogP contribution in [0, 0.1) is 0 Å². The van der Waals surface area contributed by atoms with E-state index in [1.165, 1.54) is 7.11 Å². The zero-order chi connectivity index (χ0) is 10.6. The highest BCUT2D eigenvalue weighted by atomic mass is 16.5. The van der Waals surface area contributed by atoms with E-state index in [1.807, 2.05) is 6.92 Å². The Kier molecular flexibility index (Phi) is 3.65. The van der Waals surface area contributed by atoms with Crippen LogP contribution in [0.3, 0.4) is 0 Å². The van der Waals surface area contributed by atoms with Crippen LogP contribution in [0.1, 0.15) is 35.4 Å². The fourth-order valence-electron chi connectivity index (χ4n) is 1.23. The number of aliphatic hydroxyl groups is 1. The molecule has 0 aliphatic rings. The SMILES string of the molecule is CC[C@H](O)c1cccc(C(=O)OC)c1. The molecule has 76 valence electrons. The lowest BCUT2D eigenvalue weighted by Crippen LogP contribution is -2.03. The van der Waals surface area contributed by atoms with Crippen LogP contribution in [0.4, 0.5) is 0 Å². The number of aliphatic hydroxyl groups excluding tert-OH is 1. The van der Waals surface area contributed by atoms with E-state index in [9.17, 15) is 9.90 Å². The summed E-state index contributed by atoms with van der Waals surface area (Å²) in [5.74, 6) is -0.379. The maximum atomic E-state index is 11.2. The largest absolute Gasteiger partial charge is 0.465 e. The fourth-order valence-corrected chi connectivity index (χ4v) is 1.23.